The molecule has 0 saturated carbocycles. The summed E-state index contributed by atoms with van der Waals surface area (Å²) in [6.45, 7) is 0. The molecule has 27 heavy (non-hydrogen) atoms. The quantitative estimate of drug-likeness (QED) is 0.614. The Kier molecular flexibility index (Phi) is 4.88. The van der Waals surface area contributed by atoms with Gasteiger partial charge in [-0.2, -0.15) is 0 Å². The highest BCUT2D eigenvalue weighted by atomic mass is 35.5. The molecule has 1 aliphatic rings. The van der Waals surface area contributed by atoms with Crippen LogP contribution in [-0.2, 0) is 0 Å². The molecule has 0 aliphatic carbocycles. The van der Waals surface area contributed by atoms with Crippen LogP contribution in [0, 0.1) is 0 Å². The Morgan fingerprint density at radius 2 is 1.56 bits per heavy atom. The molecule has 1 heterocycles. The van der Waals surface area contributed by atoms with Gasteiger partial charge in [-0.05, 0) is 35.4 Å². The van der Waals surface area contributed by atoms with Crippen LogP contribution in [-0.4, -0.2) is 10.9 Å². The van der Waals surface area contributed by atoms with E-state index in [1.54, 1.807) is 23.2 Å². The topological polar surface area (TPSA) is 32.3 Å². The summed E-state index contributed by atoms with van der Waals surface area (Å²) in [5.41, 5.74) is 6.55. The van der Waals surface area contributed by atoms with Crippen molar-refractivity contribution in [3.05, 3.63) is 112 Å². The van der Waals surface area contributed by atoms with Crippen molar-refractivity contribution in [2.75, 3.05) is 0 Å². The molecule has 0 saturated heterocycles. The molecule has 0 fully saturated rings. The number of benzene rings is 3. The Hall–Kier alpha value is -2.75. The summed E-state index contributed by atoms with van der Waals surface area (Å²) in [4.78, 5) is 13.2. The summed E-state index contributed by atoms with van der Waals surface area (Å²) in [7, 11) is 0. The van der Waals surface area contributed by atoms with Gasteiger partial charge in [0.1, 0.15) is 0 Å². The van der Waals surface area contributed by atoms with Gasteiger partial charge in [-0.15, -0.1) is 0 Å². The third-order valence-corrected chi connectivity index (χ3v) is 5.00. The van der Waals surface area contributed by atoms with Crippen molar-refractivity contribution in [3.63, 3.8) is 0 Å². The zero-order valence-electron chi connectivity index (χ0n) is 14.3. The minimum atomic E-state index is -0.249. The summed E-state index contributed by atoms with van der Waals surface area (Å²) < 4.78 is 0. The molecule has 0 aromatic heterocycles. The maximum Gasteiger partial charge on any atom is 0.274 e. The molecule has 5 heteroatoms. The molecule has 0 spiro atoms. The maximum atomic E-state index is 13.2. The van der Waals surface area contributed by atoms with Crippen LogP contribution in [0.1, 0.15) is 27.5 Å². The normalized spacial score (nSPS) is 16.0. The van der Waals surface area contributed by atoms with E-state index in [0.717, 1.165) is 16.8 Å². The van der Waals surface area contributed by atoms with Crippen LogP contribution in [0.5, 0.6) is 0 Å². The van der Waals surface area contributed by atoms with E-state index in [4.69, 9.17) is 23.2 Å². The predicted octanol–water partition coefficient (Wildman–Crippen LogP) is 5.74. The largest absolute Gasteiger partial charge is 0.295 e. The van der Waals surface area contributed by atoms with Gasteiger partial charge in [-0.25, -0.2) is 5.01 Å². The van der Waals surface area contributed by atoms with E-state index >= 15 is 0 Å². The Morgan fingerprint density at radius 3 is 2.22 bits per heavy atom. The van der Waals surface area contributed by atoms with Crippen LogP contribution < -0.4 is 5.43 Å². The van der Waals surface area contributed by atoms with Gasteiger partial charge in [-0.3, -0.25) is 10.2 Å². The Morgan fingerprint density at radius 1 is 0.889 bits per heavy atom. The molecule has 4 rings (SSSR count). The van der Waals surface area contributed by atoms with Crippen molar-refractivity contribution in [2.45, 2.75) is 6.04 Å². The van der Waals surface area contributed by atoms with Crippen LogP contribution in [0.4, 0.5) is 0 Å². The Labute approximate surface area is 167 Å². The van der Waals surface area contributed by atoms with Crippen LogP contribution >= 0.6 is 23.2 Å². The lowest BCUT2D eigenvalue weighted by atomic mass is 10.0. The van der Waals surface area contributed by atoms with Crippen molar-refractivity contribution in [1.82, 2.24) is 10.4 Å². The molecule has 3 nitrogen and oxygen atoms in total. The molecule has 134 valence electrons. The average Bonchev–Trinajstić information content (AvgIpc) is 3.14. The first kappa shape index (κ1) is 17.7. The molecule has 3 aromatic rings. The fourth-order valence-electron chi connectivity index (χ4n) is 3.11. The second-order valence-corrected chi connectivity index (χ2v) is 7.06. The molecule has 0 bridgehead atoms. The number of amides is 1. The maximum absolute atomic E-state index is 13.2. The zero-order chi connectivity index (χ0) is 18.8. The Bertz CT molecular complexity index is 1000. The fourth-order valence-corrected chi connectivity index (χ4v) is 3.60. The minimum absolute atomic E-state index is 0.215. The molecule has 1 amide bonds. The van der Waals surface area contributed by atoms with Crippen molar-refractivity contribution >= 4 is 34.8 Å². The number of nitrogens with one attached hydrogen (secondary N) is 1. The third kappa shape index (κ3) is 3.57. The lowest BCUT2D eigenvalue weighted by Gasteiger charge is -2.26. The highest BCUT2D eigenvalue weighted by Crippen LogP contribution is 2.33. The number of nitrogens with zero attached hydrogens (tertiary/aromatic N) is 1. The summed E-state index contributed by atoms with van der Waals surface area (Å²) in [5.74, 6) is -0.215. The molecule has 1 N–H and O–H groups in total. The number of hydrogen-bond acceptors (Lipinski definition) is 2. The van der Waals surface area contributed by atoms with Gasteiger partial charge in [-0.1, -0.05) is 83.9 Å². The first-order valence-electron chi connectivity index (χ1n) is 8.51. The SMILES string of the molecule is O=C(c1ccc(Cl)cc1Cl)N1NC(c2ccccc2)=C[C@@H]1c1ccccc1. The monoisotopic (exact) mass is 394 g/mol. The van der Waals surface area contributed by atoms with E-state index in [2.05, 4.69) is 5.43 Å². The van der Waals surface area contributed by atoms with Gasteiger partial charge in [0.05, 0.1) is 22.3 Å². The van der Waals surface area contributed by atoms with Crippen LogP contribution in [0.3, 0.4) is 0 Å². The van der Waals surface area contributed by atoms with Gasteiger partial charge in [0.25, 0.3) is 5.91 Å². The van der Waals surface area contributed by atoms with Gasteiger partial charge < -0.3 is 0 Å². The van der Waals surface area contributed by atoms with Gasteiger partial charge in [0.2, 0.25) is 0 Å². The predicted molar refractivity (Wildman–Crippen MR) is 109 cm³/mol. The summed E-state index contributed by atoms with van der Waals surface area (Å²) in [6, 6.07) is 24.4. The van der Waals surface area contributed by atoms with E-state index in [-0.39, 0.29) is 11.9 Å². The van der Waals surface area contributed by atoms with Gasteiger partial charge in [0.15, 0.2) is 0 Å². The summed E-state index contributed by atoms with van der Waals surface area (Å²) in [6.07, 6.45) is 2.05. The second-order valence-electron chi connectivity index (χ2n) is 6.21. The summed E-state index contributed by atoms with van der Waals surface area (Å²) in [5, 5.41) is 2.43. The standard InChI is InChI=1S/C22H16Cl2N2O/c23-17-11-12-18(19(24)13-17)22(27)26-21(16-9-5-2-6-10-16)14-20(25-26)15-7-3-1-4-8-15/h1-14,21,25H/t21-/m1/s1. The Balaban J connectivity index is 1.73. The molecule has 1 atom stereocenters. The zero-order valence-corrected chi connectivity index (χ0v) is 15.8. The molecule has 0 radical (unpaired) electrons. The number of rotatable bonds is 3. The molecule has 3 aromatic carbocycles. The van der Waals surface area contributed by atoms with Crippen molar-refractivity contribution in [2.24, 2.45) is 0 Å². The van der Waals surface area contributed by atoms with E-state index in [1.165, 1.54) is 0 Å². The smallest absolute Gasteiger partial charge is 0.274 e. The van der Waals surface area contributed by atoms with Gasteiger partial charge >= 0.3 is 0 Å². The molecule has 0 unspecified atom stereocenters. The van der Waals surface area contributed by atoms with Gasteiger partial charge in [0, 0.05) is 5.02 Å². The summed E-state index contributed by atoms with van der Waals surface area (Å²) >= 11 is 12.2. The third-order valence-electron chi connectivity index (χ3n) is 4.45. The highest BCUT2D eigenvalue weighted by molar-refractivity contribution is 6.36. The molecular weight excluding hydrogens is 379 g/mol. The molecule has 1 aliphatic heterocycles. The second kappa shape index (κ2) is 7.47. The fraction of sp³-hybridized carbons (Fsp3) is 0.0455. The van der Waals surface area contributed by atoms with Crippen molar-refractivity contribution < 1.29 is 4.79 Å². The van der Waals surface area contributed by atoms with E-state index < -0.39 is 0 Å². The van der Waals surface area contributed by atoms with Crippen LogP contribution in [0.15, 0.2) is 84.9 Å². The number of carbonyl (C=O) groups excluding carboxylic acids is 1. The number of hydrazine groups is 1. The number of hydrogen-bond donors (Lipinski definition) is 1. The van der Waals surface area contributed by atoms with Crippen molar-refractivity contribution in [1.29, 1.82) is 0 Å². The minimum Gasteiger partial charge on any atom is -0.295 e. The lowest BCUT2D eigenvalue weighted by molar-refractivity contribution is 0.0673. The molecular formula is C22H16Cl2N2O. The highest BCUT2D eigenvalue weighted by Gasteiger charge is 2.32. The van der Waals surface area contributed by atoms with E-state index in [9.17, 15) is 4.79 Å². The number of carbonyl (C=O) groups is 1. The average molecular weight is 395 g/mol. The first-order chi connectivity index (χ1) is 13.1. The van der Waals surface area contributed by atoms with E-state index in [0.29, 0.717) is 15.6 Å². The number of halogens is 2. The van der Waals surface area contributed by atoms with Crippen LogP contribution in [0.25, 0.3) is 5.70 Å². The lowest BCUT2D eigenvalue weighted by Crippen LogP contribution is -2.39. The van der Waals surface area contributed by atoms with Crippen LogP contribution in [0.2, 0.25) is 10.0 Å². The van der Waals surface area contributed by atoms with E-state index in [1.807, 2.05) is 66.7 Å². The first-order valence-corrected chi connectivity index (χ1v) is 9.26. The van der Waals surface area contributed by atoms with Crippen molar-refractivity contribution in [3.8, 4) is 0 Å².